The Kier molecular flexibility index (Phi) is 1.91. The highest BCUT2D eigenvalue weighted by atomic mass is 19.1. The Morgan fingerprint density at radius 2 is 2.36 bits per heavy atom. The number of halogens is 1. The number of nitrogens with zero attached hydrogens (tertiary/aromatic N) is 1. The van der Waals surface area contributed by atoms with Crippen molar-refractivity contribution in [2.45, 2.75) is 6.04 Å². The Hall–Kier alpha value is -1.36. The summed E-state index contributed by atoms with van der Waals surface area (Å²) in [4.78, 5) is 10.3. The highest BCUT2D eigenvalue weighted by Gasteiger charge is 2.22. The molecule has 0 bridgehead atoms. The molecule has 1 aliphatic rings. The van der Waals surface area contributed by atoms with E-state index < -0.39 is 17.8 Å². The van der Waals surface area contributed by atoms with Gasteiger partial charge in [0.05, 0.1) is 6.20 Å². The Labute approximate surface area is 61.8 Å². The van der Waals surface area contributed by atoms with Crippen LogP contribution in [-0.2, 0) is 4.79 Å². The fourth-order valence-corrected chi connectivity index (χ4v) is 0.716. The zero-order valence-electron chi connectivity index (χ0n) is 5.44. The lowest BCUT2D eigenvalue weighted by Crippen LogP contribution is -2.35. The molecule has 0 saturated heterocycles. The summed E-state index contributed by atoms with van der Waals surface area (Å²) in [6.45, 7) is 0. The minimum Gasteiger partial charge on any atom is -0.479 e. The van der Waals surface area contributed by atoms with E-state index >= 15 is 0 Å². The topological polar surface area (TPSA) is 60.8 Å². The lowest BCUT2D eigenvalue weighted by Gasteiger charge is -2.19. The summed E-state index contributed by atoms with van der Waals surface area (Å²) < 4.78 is 12.3. The van der Waals surface area contributed by atoms with Gasteiger partial charge in [-0.05, 0) is 12.2 Å². The van der Waals surface area contributed by atoms with Gasteiger partial charge in [-0.15, -0.1) is 0 Å². The van der Waals surface area contributed by atoms with Crippen LogP contribution in [0.15, 0.2) is 24.2 Å². The van der Waals surface area contributed by atoms with Gasteiger partial charge < -0.3 is 5.11 Å². The Balaban J connectivity index is 2.77. The monoisotopic (exact) mass is 159 g/mol. The smallest absolute Gasteiger partial charge is 0.332 e. The minimum absolute atomic E-state index is 0.303. The first-order chi connectivity index (χ1) is 5.11. The molecule has 0 aromatic carbocycles. The van der Waals surface area contributed by atoms with Gasteiger partial charge in [0.2, 0.25) is 0 Å². The van der Waals surface area contributed by atoms with Crippen LogP contribution in [0.25, 0.3) is 0 Å². The van der Waals surface area contributed by atoms with E-state index in [0.29, 0.717) is 11.3 Å². The zero-order chi connectivity index (χ0) is 8.43. The summed E-state index contributed by atoms with van der Waals surface area (Å²) in [5.74, 6) is -1.91. The molecule has 4 nitrogen and oxygen atoms in total. The normalized spacial score (nSPS) is 23.3. The number of rotatable bonds is 1. The lowest BCUT2D eigenvalue weighted by molar-refractivity contribution is -0.153. The summed E-state index contributed by atoms with van der Waals surface area (Å²) in [5.41, 5.74) is 0. The second-order valence-corrected chi connectivity index (χ2v) is 2.04. The first kappa shape index (κ1) is 7.74. The third kappa shape index (κ3) is 1.56. The van der Waals surface area contributed by atoms with E-state index in [1.807, 2.05) is 0 Å². The number of carboxylic acids is 1. The molecule has 1 atom stereocenters. The first-order valence-electron chi connectivity index (χ1n) is 2.87. The molecular weight excluding hydrogens is 153 g/mol. The molecule has 0 radical (unpaired) electrons. The standard InChI is InChI=1S/C6H6FNO3/c7-4-1-2-5(6(9)10)8(11)3-4/h1-3,5,11H,(H,9,10). The van der Waals surface area contributed by atoms with Gasteiger partial charge in [0, 0.05) is 0 Å². The predicted molar refractivity (Wildman–Crippen MR) is 33.4 cm³/mol. The molecule has 0 aromatic heterocycles. The van der Waals surface area contributed by atoms with Crippen LogP contribution in [0.5, 0.6) is 0 Å². The van der Waals surface area contributed by atoms with Crippen LogP contribution in [0.4, 0.5) is 4.39 Å². The molecule has 2 N–H and O–H groups in total. The molecule has 5 heteroatoms. The summed E-state index contributed by atoms with van der Waals surface area (Å²) in [7, 11) is 0. The van der Waals surface area contributed by atoms with Crippen molar-refractivity contribution in [3.63, 3.8) is 0 Å². The van der Waals surface area contributed by atoms with E-state index in [4.69, 9.17) is 10.3 Å². The number of carbonyl (C=O) groups is 1. The van der Waals surface area contributed by atoms with Crippen molar-refractivity contribution in [2.75, 3.05) is 0 Å². The van der Waals surface area contributed by atoms with E-state index in [1.54, 1.807) is 0 Å². The van der Waals surface area contributed by atoms with Crippen LogP contribution in [0.3, 0.4) is 0 Å². The van der Waals surface area contributed by atoms with Crippen molar-refractivity contribution in [2.24, 2.45) is 0 Å². The van der Waals surface area contributed by atoms with Crippen LogP contribution >= 0.6 is 0 Å². The number of carboxylic acid groups (broad SMARTS) is 1. The fraction of sp³-hybridized carbons (Fsp3) is 0.167. The van der Waals surface area contributed by atoms with Crippen molar-refractivity contribution in [3.05, 3.63) is 24.2 Å². The van der Waals surface area contributed by atoms with Gasteiger partial charge in [-0.2, -0.15) is 0 Å². The van der Waals surface area contributed by atoms with E-state index in [9.17, 15) is 9.18 Å². The molecule has 11 heavy (non-hydrogen) atoms. The summed E-state index contributed by atoms with van der Waals surface area (Å²) in [5, 5.41) is 17.5. The van der Waals surface area contributed by atoms with Crippen molar-refractivity contribution in [1.29, 1.82) is 0 Å². The van der Waals surface area contributed by atoms with Crippen molar-refractivity contribution >= 4 is 5.97 Å². The van der Waals surface area contributed by atoms with Gasteiger partial charge in [0.15, 0.2) is 6.04 Å². The van der Waals surface area contributed by atoms with Crippen molar-refractivity contribution in [3.8, 4) is 0 Å². The maximum absolute atomic E-state index is 12.3. The van der Waals surface area contributed by atoms with Crippen LogP contribution in [0.1, 0.15) is 0 Å². The minimum atomic E-state index is -1.23. The largest absolute Gasteiger partial charge is 0.479 e. The Morgan fingerprint density at radius 3 is 2.82 bits per heavy atom. The molecule has 0 saturated carbocycles. The molecule has 60 valence electrons. The van der Waals surface area contributed by atoms with Gasteiger partial charge in [0.25, 0.3) is 0 Å². The molecule has 0 spiro atoms. The molecular formula is C6H6FNO3. The SMILES string of the molecule is O=C(O)C1C=CC(F)=CN1O. The van der Waals surface area contributed by atoms with Gasteiger partial charge >= 0.3 is 5.97 Å². The molecule has 0 aliphatic carbocycles. The quantitative estimate of drug-likeness (QED) is 0.585. The second kappa shape index (κ2) is 2.71. The maximum atomic E-state index is 12.3. The predicted octanol–water partition coefficient (Wildman–Crippen LogP) is 0.512. The molecule has 1 unspecified atom stereocenters. The molecule has 0 amide bonds. The third-order valence-corrected chi connectivity index (χ3v) is 1.23. The van der Waals surface area contributed by atoms with E-state index in [-0.39, 0.29) is 0 Å². The Bertz CT molecular complexity index is 236. The van der Waals surface area contributed by atoms with Crippen LogP contribution < -0.4 is 0 Å². The number of hydrogen-bond acceptors (Lipinski definition) is 3. The van der Waals surface area contributed by atoms with E-state index in [2.05, 4.69) is 0 Å². The summed E-state index contributed by atoms with van der Waals surface area (Å²) >= 11 is 0. The molecule has 1 aliphatic heterocycles. The van der Waals surface area contributed by atoms with Gasteiger partial charge in [0.1, 0.15) is 5.83 Å². The number of hydroxylamine groups is 2. The van der Waals surface area contributed by atoms with Gasteiger partial charge in [-0.3, -0.25) is 5.21 Å². The van der Waals surface area contributed by atoms with Gasteiger partial charge in [-0.25, -0.2) is 14.2 Å². The number of allylic oxidation sites excluding steroid dienone is 2. The molecule has 0 fully saturated rings. The van der Waals surface area contributed by atoms with Gasteiger partial charge in [-0.1, -0.05) is 0 Å². The van der Waals surface area contributed by atoms with E-state index in [1.165, 1.54) is 0 Å². The zero-order valence-corrected chi connectivity index (χ0v) is 5.44. The number of hydrogen-bond donors (Lipinski definition) is 2. The second-order valence-electron chi connectivity index (χ2n) is 2.04. The number of aliphatic carboxylic acids is 1. The Morgan fingerprint density at radius 1 is 1.73 bits per heavy atom. The van der Waals surface area contributed by atoms with E-state index in [0.717, 1.165) is 12.2 Å². The lowest BCUT2D eigenvalue weighted by atomic mass is 10.2. The molecule has 1 rings (SSSR count). The highest BCUT2D eigenvalue weighted by Crippen LogP contribution is 2.11. The molecule has 0 aromatic rings. The van der Waals surface area contributed by atoms with Crippen molar-refractivity contribution < 1.29 is 19.5 Å². The first-order valence-corrected chi connectivity index (χ1v) is 2.87. The van der Waals surface area contributed by atoms with Crippen LogP contribution in [0.2, 0.25) is 0 Å². The highest BCUT2D eigenvalue weighted by molar-refractivity contribution is 5.76. The third-order valence-electron chi connectivity index (χ3n) is 1.23. The maximum Gasteiger partial charge on any atom is 0.332 e. The average molecular weight is 159 g/mol. The summed E-state index contributed by atoms with van der Waals surface area (Å²) in [6.07, 6.45) is 2.75. The summed E-state index contributed by atoms with van der Waals surface area (Å²) in [6, 6.07) is -1.19. The fourth-order valence-electron chi connectivity index (χ4n) is 0.716. The van der Waals surface area contributed by atoms with Crippen molar-refractivity contribution in [1.82, 2.24) is 5.06 Å². The molecule has 1 heterocycles. The average Bonchev–Trinajstić information content (AvgIpc) is 1.85. The van der Waals surface area contributed by atoms with Crippen LogP contribution in [-0.4, -0.2) is 27.4 Å². The van der Waals surface area contributed by atoms with Crippen LogP contribution in [0, 0.1) is 0 Å².